The van der Waals surface area contributed by atoms with Crippen LogP contribution in [0.1, 0.15) is 60.1 Å². The molecular formula is C27H29FN2O2. The molecule has 0 atom stereocenters. The summed E-state index contributed by atoms with van der Waals surface area (Å²) in [7, 11) is 0. The van der Waals surface area contributed by atoms with E-state index < -0.39 is 0 Å². The van der Waals surface area contributed by atoms with Crippen LogP contribution in [0.5, 0.6) is 0 Å². The van der Waals surface area contributed by atoms with E-state index in [-0.39, 0.29) is 35.4 Å². The summed E-state index contributed by atoms with van der Waals surface area (Å²) < 4.78 is 15.0. The van der Waals surface area contributed by atoms with Gasteiger partial charge in [-0.25, -0.2) is 4.39 Å². The lowest BCUT2D eigenvalue weighted by Gasteiger charge is -2.19. The van der Waals surface area contributed by atoms with Crippen LogP contribution in [-0.2, 0) is 6.54 Å². The first-order valence-corrected chi connectivity index (χ1v) is 11.4. The van der Waals surface area contributed by atoms with Gasteiger partial charge in [-0.1, -0.05) is 68.1 Å². The molecule has 1 fully saturated rings. The van der Waals surface area contributed by atoms with Crippen molar-refractivity contribution in [1.82, 2.24) is 9.88 Å². The summed E-state index contributed by atoms with van der Waals surface area (Å²) in [4.78, 5) is 26.6. The first-order chi connectivity index (χ1) is 15.5. The van der Waals surface area contributed by atoms with E-state index in [4.69, 9.17) is 0 Å². The highest BCUT2D eigenvalue weighted by Gasteiger charge is 2.21. The van der Waals surface area contributed by atoms with Crippen LogP contribution in [-0.4, -0.2) is 16.5 Å². The standard InChI is InChI=1S/C27H29FN2O2/c1-19-24(21-9-5-4-6-10-21)17-25(26(31)29-23-11-7-2-3-8-12-23)27(32)30(19)18-20-13-15-22(28)16-14-20/h4-6,9-10,13-17,23H,2-3,7-8,11-12,18H2,1H3,(H,29,31). The molecule has 0 unspecified atom stereocenters. The molecule has 3 aromatic rings. The van der Waals surface area contributed by atoms with Gasteiger partial charge in [-0.05, 0) is 49.1 Å². The molecule has 4 nitrogen and oxygen atoms in total. The summed E-state index contributed by atoms with van der Waals surface area (Å²) in [6.07, 6.45) is 6.49. The van der Waals surface area contributed by atoms with Crippen LogP contribution in [0.15, 0.2) is 65.5 Å². The zero-order chi connectivity index (χ0) is 22.5. The maximum absolute atomic E-state index is 13.4. The van der Waals surface area contributed by atoms with E-state index in [1.165, 1.54) is 25.0 Å². The van der Waals surface area contributed by atoms with Gasteiger partial charge in [0.2, 0.25) is 0 Å². The van der Waals surface area contributed by atoms with E-state index in [1.54, 1.807) is 22.8 Å². The molecule has 0 radical (unpaired) electrons. The van der Waals surface area contributed by atoms with Crippen molar-refractivity contribution in [3.05, 3.63) is 93.7 Å². The van der Waals surface area contributed by atoms with Crippen LogP contribution < -0.4 is 10.9 Å². The number of nitrogens with zero attached hydrogens (tertiary/aromatic N) is 1. The SMILES string of the molecule is Cc1c(-c2ccccc2)cc(C(=O)NC2CCCCCC2)c(=O)n1Cc1ccc(F)cc1. The molecule has 1 heterocycles. The fourth-order valence-corrected chi connectivity index (χ4v) is 4.48. The van der Waals surface area contributed by atoms with Gasteiger partial charge in [-0.15, -0.1) is 0 Å². The Balaban J connectivity index is 1.75. The van der Waals surface area contributed by atoms with Crippen LogP contribution in [0.2, 0.25) is 0 Å². The number of halogens is 1. The molecule has 2 aromatic carbocycles. The monoisotopic (exact) mass is 432 g/mol. The van der Waals surface area contributed by atoms with Crippen molar-refractivity contribution in [3.63, 3.8) is 0 Å². The number of carbonyl (C=O) groups is 1. The average molecular weight is 433 g/mol. The van der Waals surface area contributed by atoms with Gasteiger partial charge in [-0.2, -0.15) is 0 Å². The van der Waals surface area contributed by atoms with Crippen LogP contribution in [0.25, 0.3) is 11.1 Å². The quantitative estimate of drug-likeness (QED) is 0.544. The molecular weight excluding hydrogens is 403 g/mol. The van der Waals surface area contributed by atoms with Crippen molar-refractivity contribution >= 4 is 5.91 Å². The number of benzene rings is 2. The Morgan fingerprint density at radius 1 is 1.00 bits per heavy atom. The highest BCUT2D eigenvalue weighted by Crippen LogP contribution is 2.24. The Kier molecular flexibility index (Phi) is 6.84. The van der Waals surface area contributed by atoms with Crippen LogP contribution in [0.3, 0.4) is 0 Å². The molecule has 1 amide bonds. The third-order valence-corrected chi connectivity index (χ3v) is 6.33. The van der Waals surface area contributed by atoms with Crippen molar-refractivity contribution in [2.24, 2.45) is 0 Å². The second kappa shape index (κ2) is 9.94. The fraction of sp³-hybridized carbons (Fsp3) is 0.333. The summed E-state index contributed by atoms with van der Waals surface area (Å²) in [5.41, 5.74) is 3.20. The third kappa shape index (κ3) is 4.98. The first-order valence-electron chi connectivity index (χ1n) is 11.4. The molecule has 0 spiro atoms. The summed E-state index contributed by atoms with van der Waals surface area (Å²) in [5.74, 6) is -0.633. The topological polar surface area (TPSA) is 51.1 Å². The number of hydrogen-bond donors (Lipinski definition) is 1. The molecule has 166 valence electrons. The van der Waals surface area contributed by atoms with E-state index >= 15 is 0 Å². The zero-order valence-corrected chi connectivity index (χ0v) is 18.4. The van der Waals surface area contributed by atoms with E-state index in [9.17, 15) is 14.0 Å². The van der Waals surface area contributed by atoms with Gasteiger partial charge in [0.1, 0.15) is 11.4 Å². The van der Waals surface area contributed by atoms with Crippen molar-refractivity contribution < 1.29 is 9.18 Å². The lowest BCUT2D eigenvalue weighted by atomic mass is 10.0. The predicted molar refractivity (Wildman–Crippen MR) is 125 cm³/mol. The molecule has 4 rings (SSSR count). The van der Waals surface area contributed by atoms with Gasteiger partial charge in [0.25, 0.3) is 11.5 Å². The number of carbonyl (C=O) groups excluding carboxylic acids is 1. The summed E-state index contributed by atoms with van der Waals surface area (Å²) in [6, 6.07) is 17.7. The Hall–Kier alpha value is -3.21. The minimum atomic E-state index is -0.322. The molecule has 1 N–H and O–H groups in total. The normalized spacial score (nSPS) is 14.7. The molecule has 1 aliphatic rings. The van der Waals surface area contributed by atoms with Crippen molar-refractivity contribution in [2.75, 3.05) is 0 Å². The number of rotatable bonds is 5. The Morgan fingerprint density at radius 3 is 2.31 bits per heavy atom. The van der Waals surface area contributed by atoms with Gasteiger partial charge in [-0.3, -0.25) is 9.59 Å². The molecule has 0 bridgehead atoms. The Morgan fingerprint density at radius 2 is 1.66 bits per heavy atom. The summed E-state index contributed by atoms with van der Waals surface area (Å²) in [6.45, 7) is 2.16. The maximum Gasteiger partial charge on any atom is 0.263 e. The summed E-state index contributed by atoms with van der Waals surface area (Å²) in [5, 5.41) is 3.11. The van der Waals surface area contributed by atoms with Crippen molar-refractivity contribution in [1.29, 1.82) is 0 Å². The third-order valence-electron chi connectivity index (χ3n) is 6.33. The lowest BCUT2D eigenvalue weighted by Crippen LogP contribution is -2.39. The highest BCUT2D eigenvalue weighted by atomic mass is 19.1. The molecule has 1 saturated carbocycles. The van der Waals surface area contributed by atoms with E-state index in [0.29, 0.717) is 0 Å². The number of pyridine rings is 1. The number of nitrogens with one attached hydrogen (secondary N) is 1. The second-order valence-corrected chi connectivity index (χ2v) is 8.60. The smallest absolute Gasteiger partial charge is 0.263 e. The van der Waals surface area contributed by atoms with Gasteiger partial charge in [0, 0.05) is 17.3 Å². The van der Waals surface area contributed by atoms with E-state index in [2.05, 4.69) is 5.32 Å². The molecule has 5 heteroatoms. The van der Waals surface area contributed by atoms with Gasteiger partial charge in [0.05, 0.1) is 6.54 Å². The zero-order valence-electron chi connectivity index (χ0n) is 18.4. The van der Waals surface area contributed by atoms with Crippen LogP contribution >= 0.6 is 0 Å². The van der Waals surface area contributed by atoms with E-state index in [0.717, 1.165) is 48.1 Å². The summed E-state index contributed by atoms with van der Waals surface area (Å²) >= 11 is 0. The Labute approximate surface area is 188 Å². The van der Waals surface area contributed by atoms with E-state index in [1.807, 2.05) is 37.3 Å². The van der Waals surface area contributed by atoms with Gasteiger partial charge in [0.15, 0.2) is 0 Å². The minimum Gasteiger partial charge on any atom is -0.349 e. The highest BCUT2D eigenvalue weighted by molar-refractivity contribution is 5.95. The molecule has 32 heavy (non-hydrogen) atoms. The predicted octanol–water partition coefficient (Wildman–Crippen LogP) is 5.46. The van der Waals surface area contributed by atoms with Gasteiger partial charge < -0.3 is 9.88 Å². The second-order valence-electron chi connectivity index (χ2n) is 8.60. The van der Waals surface area contributed by atoms with Crippen molar-refractivity contribution in [2.45, 2.75) is 58.0 Å². The molecule has 0 saturated heterocycles. The van der Waals surface area contributed by atoms with Crippen LogP contribution in [0, 0.1) is 12.7 Å². The number of amides is 1. The number of aromatic nitrogens is 1. The minimum absolute atomic E-state index is 0.108. The first kappa shape index (κ1) is 22.0. The lowest BCUT2D eigenvalue weighted by molar-refractivity contribution is 0.0931. The largest absolute Gasteiger partial charge is 0.349 e. The van der Waals surface area contributed by atoms with Gasteiger partial charge >= 0.3 is 0 Å². The molecule has 1 aliphatic carbocycles. The number of hydrogen-bond acceptors (Lipinski definition) is 2. The van der Waals surface area contributed by atoms with Crippen molar-refractivity contribution in [3.8, 4) is 11.1 Å². The average Bonchev–Trinajstić information content (AvgIpc) is 3.07. The molecule has 1 aromatic heterocycles. The maximum atomic E-state index is 13.4. The molecule has 0 aliphatic heterocycles. The van der Waals surface area contributed by atoms with Crippen LogP contribution in [0.4, 0.5) is 4.39 Å². The Bertz CT molecular complexity index is 1130. The fourth-order valence-electron chi connectivity index (χ4n) is 4.48.